The topological polar surface area (TPSA) is 12.0 Å². The van der Waals surface area contributed by atoms with E-state index in [1.807, 2.05) is 0 Å². The Morgan fingerprint density at radius 1 is 1.25 bits per heavy atom. The Bertz CT molecular complexity index is 234. The molecule has 92 valence electrons. The monoisotopic (exact) mass is 221 g/mol. The molecule has 2 unspecified atom stereocenters. The van der Waals surface area contributed by atoms with Crippen LogP contribution in [0.15, 0.2) is 12.7 Å². The van der Waals surface area contributed by atoms with Gasteiger partial charge in [-0.2, -0.15) is 0 Å². The summed E-state index contributed by atoms with van der Waals surface area (Å²) >= 11 is 0. The summed E-state index contributed by atoms with van der Waals surface area (Å²) in [6.07, 6.45) is 10.6. The molecule has 0 heterocycles. The van der Waals surface area contributed by atoms with Gasteiger partial charge in [-0.3, -0.25) is 0 Å². The minimum atomic E-state index is 0.643. The highest BCUT2D eigenvalue weighted by molar-refractivity contribution is 4.95. The third-order valence-electron chi connectivity index (χ3n) is 4.59. The van der Waals surface area contributed by atoms with Crippen molar-refractivity contribution >= 4 is 0 Å². The second-order valence-corrected chi connectivity index (χ2v) is 6.12. The Balaban J connectivity index is 1.82. The maximum absolute atomic E-state index is 3.89. The number of allylic oxidation sites excluding steroid dienone is 1. The van der Waals surface area contributed by atoms with Crippen molar-refractivity contribution in [3.8, 4) is 0 Å². The zero-order valence-electron chi connectivity index (χ0n) is 10.9. The van der Waals surface area contributed by atoms with Crippen LogP contribution in [-0.2, 0) is 0 Å². The van der Waals surface area contributed by atoms with Gasteiger partial charge in [0.15, 0.2) is 0 Å². The Labute approximate surface area is 101 Å². The van der Waals surface area contributed by atoms with E-state index in [1.54, 1.807) is 0 Å². The van der Waals surface area contributed by atoms with Crippen molar-refractivity contribution in [2.45, 2.75) is 64.5 Å². The highest BCUT2D eigenvalue weighted by Crippen LogP contribution is 2.49. The summed E-state index contributed by atoms with van der Waals surface area (Å²) in [5.74, 6) is 3.04. The zero-order chi connectivity index (χ0) is 11.5. The lowest BCUT2D eigenvalue weighted by atomic mass is 9.61. The van der Waals surface area contributed by atoms with E-state index in [4.69, 9.17) is 0 Å². The lowest BCUT2D eigenvalue weighted by molar-refractivity contribution is 0.0664. The molecule has 2 aliphatic rings. The highest BCUT2D eigenvalue weighted by Gasteiger charge is 2.41. The van der Waals surface area contributed by atoms with Gasteiger partial charge < -0.3 is 5.32 Å². The van der Waals surface area contributed by atoms with E-state index in [-0.39, 0.29) is 0 Å². The molecule has 0 saturated heterocycles. The number of hydrogen-bond donors (Lipinski definition) is 1. The molecular weight excluding hydrogens is 194 g/mol. The van der Waals surface area contributed by atoms with Crippen molar-refractivity contribution in [1.29, 1.82) is 0 Å². The Hall–Kier alpha value is -0.300. The average molecular weight is 221 g/mol. The smallest absolute Gasteiger partial charge is 0.00696 e. The first-order valence-electron chi connectivity index (χ1n) is 7.07. The number of rotatable bonds is 4. The average Bonchev–Trinajstić information content (AvgIpc) is 2.34. The van der Waals surface area contributed by atoms with E-state index in [9.17, 15) is 0 Å². The van der Waals surface area contributed by atoms with Crippen LogP contribution in [-0.4, -0.2) is 12.1 Å². The van der Waals surface area contributed by atoms with Crippen LogP contribution in [0.25, 0.3) is 0 Å². The molecule has 1 N–H and O–H groups in total. The fourth-order valence-electron chi connectivity index (χ4n) is 3.81. The molecule has 2 aliphatic carbocycles. The number of nitrogens with one attached hydrogen (secondary N) is 1. The van der Waals surface area contributed by atoms with Crippen LogP contribution in [0.5, 0.6) is 0 Å². The summed E-state index contributed by atoms with van der Waals surface area (Å²) in [6, 6.07) is 1.43. The maximum atomic E-state index is 3.89. The fraction of sp³-hybridized carbons (Fsp3) is 0.867. The molecule has 0 aromatic heterocycles. The molecule has 1 heteroatoms. The van der Waals surface area contributed by atoms with Crippen molar-refractivity contribution in [2.75, 3.05) is 0 Å². The predicted molar refractivity (Wildman–Crippen MR) is 70.4 cm³/mol. The van der Waals surface area contributed by atoms with Gasteiger partial charge in [0.25, 0.3) is 0 Å². The van der Waals surface area contributed by atoms with E-state index in [2.05, 4.69) is 31.8 Å². The van der Waals surface area contributed by atoms with E-state index in [0.717, 1.165) is 23.8 Å². The fourth-order valence-corrected chi connectivity index (χ4v) is 3.81. The molecule has 0 spiro atoms. The van der Waals surface area contributed by atoms with Crippen molar-refractivity contribution in [3.63, 3.8) is 0 Å². The van der Waals surface area contributed by atoms with Gasteiger partial charge in [0.05, 0.1) is 0 Å². The molecule has 0 radical (unpaired) electrons. The van der Waals surface area contributed by atoms with Gasteiger partial charge in [0, 0.05) is 12.1 Å². The molecule has 4 atom stereocenters. The molecule has 16 heavy (non-hydrogen) atoms. The number of fused-ring (bicyclic) bond motifs is 1. The second-order valence-electron chi connectivity index (χ2n) is 6.12. The van der Waals surface area contributed by atoms with Crippen molar-refractivity contribution in [2.24, 2.45) is 17.8 Å². The summed E-state index contributed by atoms with van der Waals surface area (Å²) in [5.41, 5.74) is 0. The largest absolute Gasteiger partial charge is 0.312 e. The summed E-state index contributed by atoms with van der Waals surface area (Å²) < 4.78 is 0. The molecule has 0 bridgehead atoms. The first-order valence-corrected chi connectivity index (χ1v) is 7.07. The van der Waals surface area contributed by atoms with Crippen LogP contribution in [0.2, 0.25) is 0 Å². The standard InChI is InChI=1S/C15H27N/c1-4-5-12-10-13-6-7-14(16-11(2)3)8-9-15(12)13/h4,11-16H,1,5-10H2,2-3H3/t12?,13?,14-,15+/m1/s1. The first kappa shape index (κ1) is 12.2. The summed E-state index contributed by atoms with van der Waals surface area (Å²) in [7, 11) is 0. The van der Waals surface area contributed by atoms with Gasteiger partial charge in [-0.25, -0.2) is 0 Å². The summed E-state index contributed by atoms with van der Waals surface area (Å²) in [6.45, 7) is 8.41. The quantitative estimate of drug-likeness (QED) is 0.713. The minimum Gasteiger partial charge on any atom is -0.312 e. The highest BCUT2D eigenvalue weighted by atomic mass is 14.9. The predicted octanol–water partition coefficient (Wildman–Crippen LogP) is 3.76. The van der Waals surface area contributed by atoms with Crippen LogP contribution >= 0.6 is 0 Å². The van der Waals surface area contributed by atoms with E-state index >= 15 is 0 Å². The molecule has 0 amide bonds. The van der Waals surface area contributed by atoms with Crippen LogP contribution in [0.1, 0.15) is 52.4 Å². The van der Waals surface area contributed by atoms with Gasteiger partial charge in [-0.1, -0.05) is 19.9 Å². The molecule has 1 nitrogen and oxygen atoms in total. The Morgan fingerprint density at radius 3 is 2.69 bits per heavy atom. The van der Waals surface area contributed by atoms with Crippen LogP contribution in [0.3, 0.4) is 0 Å². The minimum absolute atomic E-state index is 0.643. The maximum Gasteiger partial charge on any atom is 0.00696 e. The molecular formula is C15H27N. The third kappa shape index (κ3) is 2.68. The van der Waals surface area contributed by atoms with Crippen molar-refractivity contribution < 1.29 is 0 Å². The van der Waals surface area contributed by atoms with E-state index in [0.29, 0.717) is 6.04 Å². The van der Waals surface area contributed by atoms with Gasteiger partial charge in [0.2, 0.25) is 0 Å². The van der Waals surface area contributed by atoms with Crippen LogP contribution in [0, 0.1) is 17.8 Å². The van der Waals surface area contributed by atoms with Gasteiger partial charge in [-0.05, 0) is 56.3 Å². The van der Waals surface area contributed by atoms with Gasteiger partial charge in [0.1, 0.15) is 0 Å². The van der Waals surface area contributed by atoms with Gasteiger partial charge in [-0.15, -0.1) is 6.58 Å². The lowest BCUT2D eigenvalue weighted by Crippen LogP contribution is -2.35. The second kappa shape index (κ2) is 5.35. The molecule has 2 rings (SSSR count). The normalized spacial score (nSPS) is 38.7. The Kier molecular flexibility index (Phi) is 4.07. The molecule has 0 aromatic carbocycles. The molecule has 2 saturated carbocycles. The molecule has 0 aliphatic heterocycles. The molecule has 0 aromatic rings. The zero-order valence-corrected chi connectivity index (χ0v) is 10.9. The SMILES string of the molecule is C=CCC1CC2CC[C@@H](NC(C)C)CC[C@@H]12. The van der Waals surface area contributed by atoms with Crippen molar-refractivity contribution in [3.05, 3.63) is 12.7 Å². The Morgan fingerprint density at radius 2 is 2.00 bits per heavy atom. The first-order chi connectivity index (χ1) is 7.70. The van der Waals surface area contributed by atoms with E-state index < -0.39 is 0 Å². The van der Waals surface area contributed by atoms with Gasteiger partial charge >= 0.3 is 0 Å². The lowest BCUT2D eigenvalue weighted by Gasteiger charge is -2.44. The summed E-state index contributed by atoms with van der Waals surface area (Å²) in [4.78, 5) is 0. The third-order valence-corrected chi connectivity index (χ3v) is 4.59. The van der Waals surface area contributed by atoms with Crippen molar-refractivity contribution in [1.82, 2.24) is 5.32 Å². The summed E-state index contributed by atoms with van der Waals surface area (Å²) in [5, 5.41) is 3.72. The van der Waals surface area contributed by atoms with Crippen LogP contribution in [0.4, 0.5) is 0 Å². The molecule has 2 fully saturated rings. The van der Waals surface area contributed by atoms with E-state index in [1.165, 1.54) is 38.5 Å². The number of hydrogen-bond acceptors (Lipinski definition) is 1. The van der Waals surface area contributed by atoms with Crippen LogP contribution < -0.4 is 5.32 Å².